The first-order valence-corrected chi connectivity index (χ1v) is 16.1. The fraction of sp³-hybridized carbons (Fsp3) is 0.970. The highest BCUT2D eigenvalue weighted by molar-refractivity contribution is 5.69. The Hall–Kier alpha value is -0.610. The number of hydrogen-bond acceptors (Lipinski definition) is 4. The third kappa shape index (κ3) is 4.16. The zero-order valence-electron chi connectivity index (χ0n) is 24.6. The Labute approximate surface area is 226 Å². The Balaban J connectivity index is 1.13. The van der Waals surface area contributed by atoms with Crippen molar-refractivity contribution in [3.8, 4) is 0 Å². The molecule has 1 spiro atoms. The molecule has 2 saturated heterocycles. The maximum atomic E-state index is 12.5. The molecule has 0 N–H and O–H groups in total. The molecule has 6 fully saturated rings. The van der Waals surface area contributed by atoms with E-state index in [0.29, 0.717) is 52.9 Å². The van der Waals surface area contributed by atoms with Gasteiger partial charge in [0, 0.05) is 18.8 Å². The first-order chi connectivity index (χ1) is 17.6. The Morgan fingerprint density at radius 1 is 0.973 bits per heavy atom. The van der Waals surface area contributed by atoms with Crippen LogP contribution < -0.4 is 0 Å². The number of carbonyl (C=O) groups is 1. The van der Waals surface area contributed by atoms with Gasteiger partial charge in [0.15, 0.2) is 5.79 Å². The molecule has 2 heterocycles. The van der Waals surface area contributed by atoms with Gasteiger partial charge in [-0.3, -0.25) is 4.79 Å². The van der Waals surface area contributed by atoms with Crippen molar-refractivity contribution in [3.63, 3.8) is 0 Å². The van der Waals surface area contributed by atoms with E-state index in [-0.39, 0.29) is 17.9 Å². The van der Waals surface area contributed by atoms with Crippen molar-refractivity contribution in [1.82, 2.24) is 0 Å². The minimum Gasteiger partial charge on any atom is -0.462 e. The Kier molecular flexibility index (Phi) is 6.83. The summed E-state index contributed by atoms with van der Waals surface area (Å²) in [5.74, 6) is 5.15. The predicted octanol–water partition coefficient (Wildman–Crippen LogP) is 7.78. The lowest BCUT2D eigenvalue weighted by molar-refractivity contribution is -0.273. The van der Waals surface area contributed by atoms with E-state index in [9.17, 15) is 4.79 Å². The molecule has 4 heteroatoms. The Morgan fingerprint density at radius 2 is 1.76 bits per heavy atom. The highest BCUT2D eigenvalue weighted by atomic mass is 16.7. The van der Waals surface area contributed by atoms with Crippen LogP contribution in [0.1, 0.15) is 119 Å². The average molecular weight is 515 g/mol. The molecular weight excluding hydrogens is 460 g/mol. The van der Waals surface area contributed by atoms with Gasteiger partial charge in [0.05, 0.1) is 12.7 Å². The molecule has 4 aliphatic carbocycles. The summed E-state index contributed by atoms with van der Waals surface area (Å²) in [5, 5.41) is 0. The van der Waals surface area contributed by atoms with Gasteiger partial charge in [-0.15, -0.1) is 0 Å². The number of carbonyl (C=O) groups excluding carboxylic acids is 1. The first kappa shape index (κ1) is 26.6. The minimum absolute atomic E-state index is 0.0332. The van der Waals surface area contributed by atoms with E-state index in [1.165, 1.54) is 44.9 Å². The summed E-state index contributed by atoms with van der Waals surface area (Å²) in [7, 11) is 0. The molecule has 2 aliphatic heterocycles. The maximum Gasteiger partial charge on any atom is 0.306 e. The largest absolute Gasteiger partial charge is 0.462 e. The van der Waals surface area contributed by atoms with Crippen LogP contribution in [-0.2, 0) is 19.0 Å². The van der Waals surface area contributed by atoms with E-state index in [4.69, 9.17) is 14.2 Å². The van der Waals surface area contributed by atoms with Crippen molar-refractivity contribution < 1.29 is 19.0 Å². The summed E-state index contributed by atoms with van der Waals surface area (Å²) < 4.78 is 19.5. The SMILES string of the molecule is CC[C@H](C)CC(=O)O[C@@H]1CC[C@@]2(C)[C@@H](CC[C@@H]3[C@H]2CC[C@]2(C)[C@@H]4[C@H](C[C@@H]32)O[C@@]2(CC[C@@H](C)CO2)[C@H]4C)C1. The Bertz CT molecular complexity index is 862. The fourth-order valence-electron chi connectivity index (χ4n) is 11.0. The van der Waals surface area contributed by atoms with Gasteiger partial charge in [0.2, 0.25) is 0 Å². The van der Waals surface area contributed by atoms with Crippen LogP contribution in [0.4, 0.5) is 0 Å². The van der Waals surface area contributed by atoms with Gasteiger partial charge in [0.25, 0.3) is 0 Å². The number of esters is 1. The van der Waals surface area contributed by atoms with Crippen LogP contribution in [0.15, 0.2) is 0 Å². The van der Waals surface area contributed by atoms with Gasteiger partial charge in [0.1, 0.15) is 6.10 Å². The van der Waals surface area contributed by atoms with Crippen LogP contribution in [0.2, 0.25) is 0 Å². The molecule has 4 saturated carbocycles. The molecule has 0 radical (unpaired) electrons. The van der Waals surface area contributed by atoms with E-state index in [1.54, 1.807) is 0 Å². The van der Waals surface area contributed by atoms with E-state index in [0.717, 1.165) is 50.0 Å². The number of fused-ring (bicyclic) bond motifs is 7. The third-order valence-corrected chi connectivity index (χ3v) is 13.4. The summed E-state index contributed by atoms with van der Waals surface area (Å²) >= 11 is 0. The van der Waals surface area contributed by atoms with Gasteiger partial charge in [-0.25, -0.2) is 0 Å². The van der Waals surface area contributed by atoms with Crippen LogP contribution in [0.3, 0.4) is 0 Å². The second-order valence-corrected chi connectivity index (χ2v) is 15.3. The van der Waals surface area contributed by atoms with Gasteiger partial charge in [-0.05, 0) is 110 Å². The monoisotopic (exact) mass is 514 g/mol. The van der Waals surface area contributed by atoms with Crippen LogP contribution >= 0.6 is 0 Å². The van der Waals surface area contributed by atoms with E-state index >= 15 is 0 Å². The van der Waals surface area contributed by atoms with Crippen LogP contribution in [0, 0.1) is 58.2 Å². The molecule has 0 aromatic heterocycles. The lowest BCUT2D eigenvalue weighted by Crippen LogP contribution is -2.55. The molecule has 0 aromatic carbocycles. The van der Waals surface area contributed by atoms with E-state index in [1.807, 2.05) is 0 Å². The molecule has 13 atom stereocenters. The van der Waals surface area contributed by atoms with E-state index < -0.39 is 0 Å². The second kappa shape index (κ2) is 9.50. The highest BCUT2D eigenvalue weighted by Crippen LogP contribution is 2.71. The van der Waals surface area contributed by atoms with Crippen molar-refractivity contribution in [2.45, 2.75) is 137 Å². The molecular formula is C33H54O4. The minimum atomic E-state index is -0.305. The number of ether oxygens (including phenoxy) is 3. The quantitative estimate of drug-likeness (QED) is 0.359. The molecule has 0 bridgehead atoms. The van der Waals surface area contributed by atoms with Crippen LogP contribution in [0.25, 0.3) is 0 Å². The predicted molar refractivity (Wildman–Crippen MR) is 146 cm³/mol. The van der Waals surface area contributed by atoms with E-state index in [2.05, 4.69) is 41.5 Å². The molecule has 4 nitrogen and oxygen atoms in total. The van der Waals surface area contributed by atoms with Gasteiger partial charge in [-0.2, -0.15) is 0 Å². The molecule has 210 valence electrons. The fourth-order valence-corrected chi connectivity index (χ4v) is 11.0. The number of rotatable bonds is 4. The van der Waals surface area contributed by atoms with Gasteiger partial charge in [-0.1, -0.05) is 48.0 Å². The van der Waals surface area contributed by atoms with Crippen molar-refractivity contribution >= 4 is 5.97 Å². The third-order valence-electron chi connectivity index (χ3n) is 13.4. The lowest BCUT2D eigenvalue weighted by Gasteiger charge is -2.61. The summed E-state index contributed by atoms with van der Waals surface area (Å²) in [6, 6.07) is 0. The van der Waals surface area contributed by atoms with Crippen molar-refractivity contribution in [1.29, 1.82) is 0 Å². The zero-order chi connectivity index (χ0) is 26.2. The molecule has 0 amide bonds. The second-order valence-electron chi connectivity index (χ2n) is 15.3. The summed E-state index contributed by atoms with van der Waals surface area (Å²) in [4.78, 5) is 12.5. The maximum absolute atomic E-state index is 12.5. The van der Waals surface area contributed by atoms with Crippen molar-refractivity contribution in [2.24, 2.45) is 58.2 Å². The van der Waals surface area contributed by atoms with Crippen LogP contribution in [-0.4, -0.2) is 30.6 Å². The standard InChI is InChI=1S/C33H54O4/c1-7-20(2)16-29(34)36-24-11-13-31(5)23(17-24)8-9-25-26(31)12-14-32(6)27(25)18-28-30(32)22(4)33(37-28)15-10-21(3)19-35-33/h20-28,30H,7-19H2,1-6H3/t20-,21+,22-,23-,24+,25+,26+,27-,28-,30-,31-,32-,33-/m0/s1. The average Bonchev–Trinajstić information content (AvgIpc) is 3.31. The highest BCUT2D eigenvalue weighted by Gasteiger charge is 2.69. The van der Waals surface area contributed by atoms with Crippen LogP contribution in [0.5, 0.6) is 0 Å². The Morgan fingerprint density at radius 3 is 2.49 bits per heavy atom. The molecule has 6 aliphatic rings. The van der Waals surface area contributed by atoms with Crippen molar-refractivity contribution in [3.05, 3.63) is 0 Å². The smallest absolute Gasteiger partial charge is 0.306 e. The zero-order valence-corrected chi connectivity index (χ0v) is 24.6. The summed E-state index contributed by atoms with van der Waals surface area (Å²) in [6.07, 6.45) is 14.6. The molecule has 0 aromatic rings. The van der Waals surface area contributed by atoms with Gasteiger partial charge < -0.3 is 14.2 Å². The summed E-state index contributed by atoms with van der Waals surface area (Å²) in [6.45, 7) is 15.2. The van der Waals surface area contributed by atoms with Crippen molar-refractivity contribution in [2.75, 3.05) is 6.61 Å². The summed E-state index contributed by atoms with van der Waals surface area (Å²) in [5.41, 5.74) is 0.810. The normalized spacial score (nSPS) is 53.6. The molecule has 37 heavy (non-hydrogen) atoms. The molecule has 6 rings (SSSR count). The number of hydrogen-bond donors (Lipinski definition) is 0. The topological polar surface area (TPSA) is 44.8 Å². The molecule has 0 unspecified atom stereocenters. The van der Waals surface area contributed by atoms with Gasteiger partial charge >= 0.3 is 5.97 Å². The first-order valence-electron chi connectivity index (χ1n) is 16.1. The lowest BCUT2D eigenvalue weighted by atomic mass is 9.44.